The lowest BCUT2D eigenvalue weighted by atomic mass is 9.97. The van der Waals surface area contributed by atoms with Crippen LogP contribution < -0.4 is 5.32 Å². The van der Waals surface area contributed by atoms with Gasteiger partial charge in [-0.2, -0.15) is 0 Å². The molecule has 1 aliphatic heterocycles. The minimum atomic E-state index is -0.430. The fraction of sp³-hybridized carbons (Fsp3) is 0.867. The Morgan fingerprint density at radius 1 is 1.29 bits per heavy atom. The first-order valence-electron chi connectivity index (χ1n) is 7.57. The van der Waals surface area contributed by atoms with E-state index in [1.54, 1.807) is 19.1 Å². The van der Waals surface area contributed by atoms with Gasteiger partial charge in [0.1, 0.15) is 12.1 Å². The number of hydrogen-bond acceptors (Lipinski definition) is 4. The molecule has 0 saturated carbocycles. The SMILES string of the molecule is CCC1C(=O)NC(CC(C)C)C(=O)N1CC(COC)OC. The highest BCUT2D eigenvalue weighted by Gasteiger charge is 2.40. The molecule has 1 N–H and O–H groups in total. The van der Waals surface area contributed by atoms with Gasteiger partial charge >= 0.3 is 0 Å². The van der Waals surface area contributed by atoms with Crippen LogP contribution in [0.4, 0.5) is 0 Å². The van der Waals surface area contributed by atoms with Gasteiger partial charge in [0.2, 0.25) is 11.8 Å². The summed E-state index contributed by atoms with van der Waals surface area (Å²) in [5.41, 5.74) is 0. The molecule has 1 saturated heterocycles. The first-order valence-corrected chi connectivity index (χ1v) is 7.57. The molecule has 6 nitrogen and oxygen atoms in total. The Morgan fingerprint density at radius 2 is 1.95 bits per heavy atom. The summed E-state index contributed by atoms with van der Waals surface area (Å²) in [5.74, 6) is 0.250. The average molecular weight is 300 g/mol. The normalized spacial score (nSPS) is 24.4. The summed E-state index contributed by atoms with van der Waals surface area (Å²) in [5, 5.41) is 2.85. The molecule has 0 bridgehead atoms. The number of nitrogens with zero attached hydrogens (tertiary/aromatic N) is 1. The van der Waals surface area contributed by atoms with E-state index in [4.69, 9.17) is 9.47 Å². The Bertz CT molecular complexity index is 360. The Hall–Kier alpha value is -1.14. The molecule has 0 aliphatic carbocycles. The van der Waals surface area contributed by atoms with Gasteiger partial charge in [-0.3, -0.25) is 9.59 Å². The number of amides is 2. The van der Waals surface area contributed by atoms with E-state index in [2.05, 4.69) is 5.32 Å². The third-order valence-electron chi connectivity index (χ3n) is 3.76. The second-order valence-corrected chi connectivity index (χ2v) is 5.92. The van der Waals surface area contributed by atoms with Crippen molar-refractivity contribution in [2.75, 3.05) is 27.4 Å². The molecule has 3 atom stereocenters. The molecule has 21 heavy (non-hydrogen) atoms. The van der Waals surface area contributed by atoms with Crippen LogP contribution in [0.3, 0.4) is 0 Å². The van der Waals surface area contributed by atoms with Crippen LogP contribution in [0.5, 0.6) is 0 Å². The first kappa shape index (κ1) is 17.9. The van der Waals surface area contributed by atoms with Crippen LogP contribution in [0.15, 0.2) is 0 Å². The molecule has 0 spiro atoms. The van der Waals surface area contributed by atoms with Gasteiger partial charge in [-0.15, -0.1) is 0 Å². The molecule has 0 aromatic carbocycles. The molecule has 3 unspecified atom stereocenters. The lowest BCUT2D eigenvalue weighted by Gasteiger charge is -2.40. The van der Waals surface area contributed by atoms with E-state index >= 15 is 0 Å². The molecule has 1 fully saturated rings. The quantitative estimate of drug-likeness (QED) is 0.720. The van der Waals surface area contributed by atoms with Gasteiger partial charge in [0.15, 0.2) is 0 Å². The monoisotopic (exact) mass is 300 g/mol. The van der Waals surface area contributed by atoms with Gasteiger partial charge in [0.25, 0.3) is 0 Å². The fourth-order valence-corrected chi connectivity index (χ4v) is 2.68. The maximum atomic E-state index is 12.6. The van der Waals surface area contributed by atoms with Gasteiger partial charge in [-0.05, 0) is 18.8 Å². The maximum absolute atomic E-state index is 12.6. The second kappa shape index (κ2) is 8.34. The second-order valence-electron chi connectivity index (χ2n) is 5.92. The number of carbonyl (C=O) groups excluding carboxylic acids is 2. The van der Waals surface area contributed by atoms with Crippen molar-refractivity contribution in [1.82, 2.24) is 10.2 Å². The van der Waals surface area contributed by atoms with E-state index in [1.165, 1.54) is 0 Å². The molecule has 6 heteroatoms. The van der Waals surface area contributed by atoms with Crippen LogP contribution in [0.1, 0.15) is 33.6 Å². The van der Waals surface area contributed by atoms with Crippen LogP contribution in [-0.4, -0.2) is 62.3 Å². The zero-order chi connectivity index (χ0) is 16.0. The van der Waals surface area contributed by atoms with Gasteiger partial charge in [0.05, 0.1) is 19.3 Å². The third kappa shape index (κ3) is 4.68. The van der Waals surface area contributed by atoms with E-state index in [1.807, 2.05) is 20.8 Å². The summed E-state index contributed by atoms with van der Waals surface area (Å²) in [6.07, 6.45) is 1.02. The largest absolute Gasteiger partial charge is 0.382 e. The standard InChI is InChI=1S/C15H28N2O4/c1-6-13-14(18)16-12(7-10(2)3)15(19)17(13)8-11(21-5)9-20-4/h10-13H,6-9H2,1-5H3,(H,16,18). The lowest BCUT2D eigenvalue weighted by molar-refractivity contribution is -0.152. The summed E-state index contributed by atoms with van der Waals surface area (Å²) >= 11 is 0. The summed E-state index contributed by atoms with van der Waals surface area (Å²) in [6.45, 7) is 6.76. The smallest absolute Gasteiger partial charge is 0.245 e. The molecule has 0 aromatic rings. The van der Waals surface area contributed by atoms with E-state index in [9.17, 15) is 9.59 Å². The van der Waals surface area contributed by atoms with E-state index in [0.29, 0.717) is 31.9 Å². The van der Waals surface area contributed by atoms with Gasteiger partial charge in [0, 0.05) is 14.2 Å². The topological polar surface area (TPSA) is 67.9 Å². The van der Waals surface area contributed by atoms with Crippen LogP contribution in [0.2, 0.25) is 0 Å². The number of piperazine rings is 1. The minimum absolute atomic E-state index is 0.0201. The highest BCUT2D eigenvalue weighted by atomic mass is 16.5. The number of ether oxygens (including phenoxy) is 2. The highest BCUT2D eigenvalue weighted by molar-refractivity contribution is 5.96. The van der Waals surface area contributed by atoms with Crippen LogP contribution in [0.25, 0.3) is 0 Å². The van der Waals surface area contributed by atoms with Crippen LogP contribution in [-0.2, 0) is 19.1 Å². The van der Waals surface area contributed by atoms with Gasteiger partial charge in [-0.1, -0.05) is 20.8 Å². The molecule has 1 rings (SSSR count). The fourth-order valence-electron chi connectivity index (χ4n) is 2.68. The maximum Gasteiger partial charge on any atom is 0.245 e. The molecule has 1 heterocycles. The molecule has 1 aliphatic rings. The van der Waals surface area contributed by atoms with Crippen molar-refractivity contribution >= 4 is 11.8 Å². The number of nitrogens with one attached hydrogen (secondary N) is 1. The minimum Gasteiger partial charge on any atom is -0.382 e. The molecule has 0 aromatic heterocycles. The Labute approximate surface area is 127 Å². The Kier molecular flexibility index (Phi) is 7.11. The average Bonchev–Trinajstić information content (AvgIpc) is 2.42. The predicted molar refractivity (Wildman–Crippen MR) is 79.9 cm³/mol. The van der Waals surface area contributed by atoms with Gasteiger partial charge < -0.3 is 19.7 Å². The van der Waals surface area contributed by atoms with Crippen LogP contribution >= 0.6 is 0 Å². The summed E-state index contributed by atoms with van der Waals surface area (Å²) < 4.78 is 10.4. The predicted octanol–water partition coefficient (Wildman–Crippen LogP) is 0.800. The zero-order valence-electron chi connectivity index (χ0n) is 13.7. The molecule has 122 valence electrons. The molecule has 0 radical (unpaired) electrons. The number of hydrogen-bond donors (Lipinski definition) is 1. The van der Waals surface area contributed by atoms with Crippen molar-refractivity contribution in [2.24, 2.45) is 5.92 Å². The number of methoxy groups -OCH3 is 2. The Balaban J connectivity index is 2.87. The summed E-state index contributed by atoms with van der Waals surface area (Å²) in [6, 6.07) is -0.851. The summed E-state index contributed by atoms with van der Waals surface area (Å²) in [7, 11) is 3.18. The molecule has 2 amide bonds. The van der Waals surface area contributed by atoms with Crippen molar-refractivity contribution in [3.63, 3.8) is 0 Å². The zero-order valence-corrected chi connectivity index (χ0v) is 13.7. The summed E-state index contributed by atoms with van der Waals surface area (Å²) in [4.78, 5) is 26.5. The van der Waals surface area contributed by atoms with Crippen molar-refractivity contribution in [1.29, 1.82) is 0 Å². The van der Waals surface area contributed by atoms with Crippen molar-refractivity contribution in [3.05, 3.63) is 0 Å². The molecular weight excluding hydrogens is 272 g/mol. The Morgan fingerprint density at radius 3 is 2.43 bits per heavy atom. The van der Waals surface area contributed by atoms with Crippen LogP contribution in [0, 0.1) is 5.92 Å². The van der Waals surface area contributed by atoms with E-state index in [0.717, 1.165) is 0 Å². The highest BCUT2D eigenvalue weighted by Crippen LogP contribution is 2.18. The number of rotatable bonds is 8. The lowest BCUT2D eigenvalue weighted by Crippen LogP contribution is -2.64. The molecular formula is C15H28N2O4. The van der Waals surface area contributed by atoms with Crippen molar-refractivity contribution in [3.8, 4) is 0 Å². The third-order valence-corrected chi connectivity index (χ3v) is 3.76. The first-order chi connectivity index (χ1) is 9.94. The van der Waals surface area contributed by atoms with Crippen molar-refractivity contribution in [2.45, 2.75) is 51.8 Å². The van der Waals surface area contributed by atoms with E-state index < -0.39 is 12.1 Å². The van der Waals surface area contributed by atoms with Crippen molar-refractivity contribution < 1.29 is 19.1 Å². The van der Waals surface area contributed by atoms with Gasteiger partial charge in [-0.25, -0.2) is 0 Å². The van der Waals surface area contributed by atoms with E-state index in [-0.39, 0.29) is 17.9 Å². The number of carbonyl (C=O) groups is 2.